The molecule has 0 heterocycles. The van der Waals surface area contributed by atoms with E-state index in [0.717, 1.165) is 6.07 Å². The van der Waals surface area contributed by atoms with E-state index >= 15 is 0 Å². The summed E-state index contributed by atoms with van der Waals surface area (Å²) in [5.74, 6) is -1.53. The van der Waals surface area contributed by atoms with Crippen LogP contribution in [-0.4, -0.2) is 12.5 Å². The first-order valence-electron chi connectivity index (χ1n) is 7.08. The lowest BCUT2D eigenvalue weighted by Gasteiger charge is -2.12. The number of amides is 1. The Hall–Kier alpha value is -2.78. The fraction of sp³-hybridized carbons (Fsp3) is 0.176. The highest BCUT2D eigenvalue weighted by atomic mass is 19.1. The standard InChI is InChI=1S/C17H15F2N3O/c1-11(15-6-5-13(18)8-16(15)19)21-10-17(23)22-14-4-2-3-12(7-14)9-20/h2-8,11,21H,10H2,1H3,(H,22,23)/p+1/t11-/m1/s1. The van der Waals surface area contributed by atoms with E-state index in [1.165, 1.54) is 12.1 Å². The SMILES string of the molecule is C[C@@H]([NH2+]CC(=O)Nc1cccc(C#N)c1)c1ccc(F)cc1F. The summed E-state index contributed by atoms with van der Waals surface area (Å²) in [5.41, 5.74) is 1.32. The van der Waals surface area contributed by atoms with Gasteiger partial charge in [0.2, 0.25) is 0 Å². The number of nitrogens with two attached hydrogens (primary N) is 1. The number of hydrogen-bond acceptors (Lipinski definition) is 2. The summed E-state index contributed by atoms with van der Waals surface area (Å²) in [6, 6.07) is 11.6. The van der Waals surface area contributed by atoms with Gasteiger partial charge in [0.05, 0.1) is 11.6 Å². The van der Waals surface area contributed by atoms with Crippen molar-refractivity contribution in [3.8, 4) is 6.07 Å². The van der Waals surface area contributed by atoms with Crippen LogP contribution in [0.4, 0.5) is 14.5 Å². The Bertz CT molecular complexity index is 756. The van der Waals surface area contributed by atoms with Gasteiger partial charge in [0.1, 0.15) is 17.7 Å². The molecule has 0 aliphatic rings. The Labute approximate surface area is 132 Å². The molecule has 0 radical (unpaired) electrons. The maximum atomic E-state index is 13.7. The van der Waals surface area contributed by atoms with Gasteiger partial charge in [-0.2, -0.15) is 5.26 Å². The number of nitriles is 1. The van der Waals surface area contributed by atoms with Crippen molar-refractivity contribution in [2.45, 2.75) is 13.0 Å². The zero-order valence-corrected chi connectivity index (χ0v) is 12.5. The van der Waals surface area contributed by atoms with Gasteiger partial charge in [-0.05, 0) is 37.3 Å². The normalized spacial score (nSPS) is 11.6. The molecule has 0 saturated carbocycles. The molecule has 1 atom stereocenters. The van der Waals surface area contributed by atoms with Gasteiger partial charge < -0.3 is 10.6 Å². The molecule has 1 amide bonds. The van der Waals surface area contributed by atoms with Crippen LogP contribution in [0.15, 0.2) is 42.5 Å². The van der Waals surface area contributed by atoms with Crippen molar-refractivity contribution in [3.63, 3.8) is 0 Å². The molecule has 6 heteroatoms. The van der Waals surface area contributed by atoms with E-state index in [1.807, 2.05) is 6.07 Å². The van der Waals surface area contributed by atoms with Crippen molar-refractivity contribution in [2.24, 2.45) is 0 Å². The van der Waals surface area contributed by atoms with Crippen LogP contribution in [0.2, 0.25) is 0 Å². The van der Waals surface area contributed by atoms with Crippen LogP contribution in [0.1, 0.15) is 24.1 Å². The monoisotopic (exact) mass is 316 g/mol. The first-order chi connectivity index (χ1) is 11.0. The van der Waals surface area contributed by atoms with Crippen LogP contribution in [0.5, 0.6) is 0 Å². The average Bonchev–Trinajstić information content (AvgIpc) is 2.53. The summed E-state index contributed by atoms with van der Waals surface area (Å²) < 4.78 is 26.6. The minimum absolute atomic E-state index is 0.0781. The highest BCUT2D eigenvalue weighted by molar-refractivity contribution is 5.91. The summed E-state index contributed by atoms with van der Waals surface area (Å²) in [6.07, 6.45) is 0. The molecule has 4 nitrogen and oxygen atoms in total. The van der Waals surface area contributed by atoms with Crippen molar-refractivity contribution >= 4 is 11.6 Å². The van der Waals surface area contributed by atoms with Crippen LogP contribution < -0.4 is 10.6 Å². The minimum atomic E-state index is -0.631. The third-order valence-electron chi connectivity index (χ3n) is 3.39. The Morgan fingerprint density at radius 3 is 2.78 bits per heavy atom. The zero-order chi connectivity index (χ0) is 16.8. The van der Waals surface area contributed by atoms with Gasteiger partial charge in [-0.15, -0.1) is 0 Å². The van der Waals surface area contributed by atoms with Crippen molar-refractivity contribution in [1.82, 2.24) is 0 Å². The van der Waals surface area contributed by atoms with Crippen molar-refractivity contribution in [2.75, 3.05) is 11.9 Å². The van der Waals surface area contributed by atoms with E-state index in [2.05, 4.69) is 5.32 Å². The molecular formula is C17H16F2N3O+. The second kappa shape index (κ2) is 7.47. The minimum Gasteiger partial charge on any atom is -0.332 e. The highest BCUT2D eigenvalue weighted by Crippen LogP contribution is 2.14. The first-order valence-corrected chi connectivity index (χ1v) is 7.08. The van der Waals surface area contributed by atoms with Crippen LogP contribution in [0, 0.1) is 23.0 Å². The number of carbonyl (C=O) groups excluding carboxylic acids is 1. The summed E-state index contributed by atoms with van der Waals surface area (Å²) in [6.45, 7) is 1.81. The van der Waals surface area contributed by atoms with E-state index in [1.54, 1.807) is 36.5 Å². The number of halogens is 2. The van der Waals surface area contributed by atoms with Crippen molar-refractivity contribution in [1.29, 1.82) is 5.26 Å². The lowest BCUT2D eigenvalue weighted by Crippen LogP contribution is -2.86. The molecule has 3 N–H and O–H groups in total. The van der Waals surface area contributed by atoms with Crippen LogP contribution in [0.3, 0.4) is 0 Å². The molecule has 2 aromatic rings. The van der Waals surface area contributed by atoms with Crippen LogP contribution >= 0.6 is 0 Å². The van der Waals surface area contributed by atoms with Crippen LogP contribution in [0.25, 0.3) is 0 Å². The lowest BCUT2D eigenvalue weighted by atomic mass is 10.1. The number of hydrogen-bond donors (Lipinski definition) is 2. The fourth-order valence-electron chi connectivity index (χ4n) is 2.16. The molecule has 0 saturated heterocycles. The van der Waals surface area contributed by atoms with Crippen molar-refractivity contribution in [3.05, 3.63) is 65.2 Å². The number of nitrogens with one attached hydrogen (secondary N) is 1. The summed E-state index contributed by atoms with van der Waals surface area (Å²) in [5, 5.41) is 13.1. The second-order valence-corrected chi connectivity index (χ2v) is 5.14. The topological polar surface area (TPSA) is 69.5 Å². The Morgan fingerprint density at radius 1 is 1.30 bits per heavy atom. The quantitative estimate of drug-likeness (QED) is 0.887. The van der Waals surface area contributed by atoms with Gasteiger partial charge >= 0.3 is 0 Å². The summed E-state index contributed by atoms with van der Waals surface area (Å²) in [4.78, 5) is 11.9. The number of benzene rings is 2. The van der Waals surface area contributed by atoms with E-state index in [9.17, 15) is 13.6 Å². The third-order valence-corrected chi connectivity index (χ3v) is 3.39. The van der Waals surface area contributed by atoms with Gasteiger partial charge in [-0.1, -0.05) is 6.07 Å². The largest absolute Gasteiger partial charge is 0.332 e. The first kappa shape index (κ1) is 16.6. The predicted molar refractivity (Wildman–Crippen MR) is 81.4 cm³/mol. The molecule has 23 heavy (non-hydrogen) atoms. The molecule has 0 aromatic heterocycles. The third kappa shape index (κ3) is 4.59. The average molecular weight is 316 g/mol. The van der Waals surface area contributed by atoms with E-state index in [-0.39, 0.29) is 18.5 Å². The molecule has 2 aromatic carbocycles. The smallest absolute Gasteiger partial charge is 0.279 e. The van der Waals surface area contributed by atoms with E-state index in [0.29, 0.717) is 16.8 Å². The number of carbonyl (C=O) groups is 1. The molecule has 0 bridgehead atoms. The maximum Gasteiger partial charge on any atom is 0.279 e. The van der Waals surface area contributed by atoms with E-state index < -0.39 is 11.6 Å². The van der Waals surface area contributed by atoms with E-state index in [4.69, 9.17) is 5.26 Å². The molecule has 0 unspecified atom stereocenters. The Morgan fingerprint density at radius 2 is 2.09 bits per heavy atom. The zero-order valence-electron chi connectivity index (χ0n) is 12.5. The van der Waals surface area contributed by atoms with Gasteiger partial charge in [0, 0.05) is 17.3 Å². The van der Waals surface area contributed by atoms with Gasteiger partial charge in [0.15, 0.2) is 6.54 Å². The molecule has 2 rings (SSSR count). The maximum absolute atomic E-state index is 13.7. The molecule has 0 aliphatic heterocycles. The lowest BCUT2D eigenvalue weighted by molar-refractivity contribution is -0.682. The Balaban J connectivity index is 1.92. The number of rotatable bonds is 5. The molecule has 0 spiro atoms. The second-order valence-electron chi connectivity index (χ2n) is 5.14. The molecule has 0 aliphatic carbocycles. The van der Waals surface area contributed by atoms with Gasteiger partial charge in [-0.25, -0.2) is 8.78 Å². The number of nitrogens with zero attached hydrogens (tertiary/aromatic N) is 1. The van der Waals surface area contributed by atoms with Gasteiger partial charge in [-0.3, -0.25) is 4.79 Å². The number of quaternary nitrogens is 1. The molecule has 0 fully saturated rings. The predicted octanol–water partition coefficient (Wildman–Crippen LogP) is 2.10. The fourth-order valence-corrected chi connectivity index (χ4v) is 2.16. The summed E-state index contributed by atoms with van der Waals surface area (Å²) in [7, 11) is 0. The van der Waals surface area contributed by atoms with Crippen molar-refractivity contribution < 1.29 is 18.9 Å². The van der Waals surface area contributed by atoms with Gasteiger partial charge in [0.25, 0.3) is 5.91 Å². The molecular weight excluding hydrogens is 300 g/mol. The highest BCUT2D eigenvalue weighted by Gasteiger charge is 2.16. The molecule has 118 valence electrons. The van der Waals surface area contributed by atoms with Crippen LogP contribution in [-0.2, 0) is 4.79 Å². The number of anilines is 1. The summed E-state index contributed by atoms with van der Waals surface area (Å²) >= 11 is 0. The Kier molecular flexibility index (Phi) is 5.39.